The van der Waals surface area contributed by atoms with Crippen LogP contribution < -0.4 is 15.4 Å². The van der Waals surface area contributed by atoms with Crippen molar-refractivity contribution in [2.45, 2.75) is 37.8 Å². The number of likely N-dealkylation sites (tertiary alicyclic amines) is 1. The minimum absolute atomic E-state index is 0.0166. The van der Waals surface area contributed by atoms with Crippen molar-refractivity contribution in [1.82, 2.24) is 15.5 Å². The molecular formula is C23H27N3O4S. The summed E-state index contributed by atoms with van der Waals surface area (Å²) < 4.78 is 5.22. The van der Waals surface area contributed by atoms with Crippen LogP contribution in [0.5, 0.6) is 5.75 Å². The first-order chi connectivity index (χ1) is 15.0. The van der Waals surface area contributed by atoms with Crippen molar-refractivity contribution >= 4 is 29.1 Å². The number of hydrogen-bond acceptors (Lipinski definition) is 5. The monoisotopic (exact) mass is 441 g/mol. The highest BCUT2D eigenvalue weighted by atomic mass is 32.1. The number of benzene rings is 1. The molecule has 3 amide bonds. The molecule has 1 aromatic heterocycles. The molecule has 8 heteroatoms. The summed E-state index contributed by atoms with van der Waals surface area (Å²) in [6.45, 7) is 1.09. The number of amides is 3. The maximum absolute atomic E-state index is 12.9. The zero-order valence-corrected chi connectivity index (χ0v) is 18.3. The number of carbonyl (C=O) groups excluding carboxylic acids is 3. The summed E-state index contributed by atoms with van der Waals surface area (Å²) in [4.78, 5) is 40.8. The van der Waals surface area contributed by atoms with Gasteiger partial charge in [0.1, 0.15) is 11.8 Å². The van der Waals surface area contributed by atoms with E-state index in [1.165, 1.54) is 11.3 Å². The molecule has 1 saturated heterocycles. The third kappa shape index (κ3) is 5.25. The van der Waals surface area contributed by atoms with E-state index >= 15 is 0 Å². The van der Waals surface area contributed by atoms with Gasteiger partial charge in [0.05, 0.1) is 12.0 Å². The van der Waals surface area contributed by atoms with Crippen LogP contribution in [0.4, 0.5) is 0 Å². The Hall–Kier alpha value is -2.87. The topological polar surface area (TPSA) is 87.7 Å². The minimum Gasteiger partial charge on any atom is -0.497 e. The first-order valence-electron chi connectivity index (χ1n) is 10.6. The second-order valence-electron chi connectivity index (χ2n) is 8.07. The van der Waals surface area contributed by atoms with E-state index in [0.29, 0.717) is 42.1 Å². The zero-order chi connectivity index (χ0) is 21.8. The maximum atomic E-state index is 12.9. The molecule has 1 aromatic carbocycles. The van der Waals surface area contributed by atoms with Gasteiger partial charge in [-0.3, -0.25) is 14.4 Å². The van der Waals surface area contributed by atoms with Gasteiger partial charge in [-0.1, -0.05) is 12.1 Å². The molecule has 1 atom stereocenters. The summed E-state index contributed by atoms with van der Waals surface area (Å²) in [5.74, 6) is 0.246. The second-order valence-corrected chi connectivity index (χ2v) is 9.02. The summed E-state index contributed by atoms with van der Waals surface area (Å²) in [5.41, 5.74) is 0.590. The predicted molar refractivity (Wildman–Crippen MR) is 118 cm³/mol. The number of ether oxygens (including phenoxy) is 1. The Morgan fingerprint density at radius 1 is 1.10 bits per heavy atom. The molecule has 2 aromatic rings. The van der Waals surface area contributed by atoms with Crippen LogP contribution in [-0.2, 0) is 4.79 Å². The average Bonchev–Trinajstić information content (AvgIpc) is 3.44. The predicted octanol–water partition coefficient (Wildman–Crippen LogP) is 2.69. The van der Waals surface area contributed by atoms with Crippen LogP contribution in [0.1, 0.15) is 45.7 Å². The van der Waals surface area contributed by atoms with Gasteiger partial charge >= 0.3 is 0 Å². The minimum atomic E-state index is -0.593. The van der Waals surface area contributed by atoms with Gasteiger partial charge in [0.2, 0.25) is 5.91 Å². The molecule has 2 heterocycles. The van der Waals surface area contributed by atoms with Gasteiger partial charge in [0.15, 0.2) is 0 Å². The van der Waals surface area contributed by atoms with E-state index in [-0.39, 0.29) is 29.7 Å². The molecule has 2 fully saturated rings. The van der Waals surface area contributed by atoms with Crippen LogP contribution in [0.3, 0.4) is 0 Å². The molecule has 0 bridgehead atoms. The smallest absolute Gasteiger partial charge is 0.262 e. The first kappa shape index (κ1) is 21.4. The van der Waals surface area contributed by atoms with Gasteiger partial charge in [-0.15, -0.1) is 11.3 Å². The van der Waals surface area contributed by atoms with Gasteiger partial charge in [0.25, 0.3) is 11.8 Å². The summed E-state index contributed by atoms with van der Waals surface area (Å²) in [6.07, 6.45) is 3.29. The van der Waals surface area contributed by atoms with Crippen molar-refractivity contribution < 1.29 is 19.1 Å². The molecule has 31 heavy (non-hydrogen) atoms. The highest BCUT2D eigenvalue weighted by Gasteiger charge is 2.36. The molecule has 1 aliphatic heterocycles. The van der Waals surface area contributed by atoms with Gasteiger partial charge in [-0.05, 0) is 61.2 Å². The number of nitrogens with one attached hydrogen (secondary N) is 2. The fourth-order valence-corrected chi connectivity index (χ4v) is 4.54. The number of nitrogens with zero attached hydrogens (tertiary/aromatic N) is 1. The molecule has 2 aliphatic rings. The summed E-state index contributed by atoms with van der Waals surface area (Å²) in [5, 5.41) is 7.83. The van der Waals surface area contributed by atoms with Gasteiger partial charge < -0.3 is 20.3 Å². The van der Waals surface area contributed by atoms with Crippen LogP contribution in [0, 0.1) is 5.92 Å². The highest BCUT2D eigenvalue weighted by molar-refractivity contribution is 7.12. The van der Waals surface area contributed by atoms with Crippen LogP contribution in [-0.4, -0.2) is 54.9 Å². The Labute approximate surface area is 185 Å². The lowest BCUT2D eigenvalue weighted by atomic mass is 9.88. The number of piperidine rings is 1. The Morgan fingerprint density at radius 3 is 2.52 bits per heavy atom. The molecule has 164 valence electrons. The van der Waals surface area contributed by atoms with Gasteiger partial charge in [0, 0.05) is 24.7 Å². The van der Waals surface area contributed by atoms with E-state index in [9.17, 15) is 14.4 Å². The summed E-state index contributed by atoms with van der Waals surface area (Å²) in [6, 6.07) is 10.3. The van der Waals surface area contributed by atoms with E-state index in [0.717, 1.165) is 12.8 Å². The number of carbonyl (C=O) groups is 3. The lowest BCUT2D eigenvalue weighted by molar-refractivity contribution is -0.124. The Bertz CT molecular complexity index is 934. The third-order valence-electron chi connectivity index (χ3n) is 5.85. The van der Waals surface area contributed by atoms with Gasteiger partial charge in [-0.2, -0.15) is 0 Å². The number of methoxy groups -OCH3 is 1. The fraction of sp³-hybridized carbons (Fsp3) is 0.435. The third-order valence-corrected chi connectivity index (χ3v) is 6.72. The molecule has 0 spiro atoms. The van der Waals surface area contributed by atoms with Crippen molar-refractivity contribution in [2.24, 2.45) is 5.92 Å². The molecular weight excluding hydrogens is 414 g/mol. The normalized spacial score (nSPS) is 17.6. The molecule has 0 unspecified atom stereocenters. The van der Waals surface area contributed by atoms with Crippen molar-refractivity contribution in [3.63, 3.8) is 0 Å². The largest absolute Gasteiger partial charge is 0.497 e. The molecule has 4 rings (SSSR count). The Balaban J connectivity index is 1.40. The van der Waals surface area contributed by atoms with Crippen molar-refractivity contribution in [2.75, 3.05) is 20.2 Å². The maximum Gasteiger partial charge on any atom is 0.262 e. The highest BCUT2D eigenvalue weighted by Crippen LogP contribution is 2.25. The first-order valence-corrected chi connectivity index (χ1v) is 11.5. The molecule has 7 nitrogen and oxygen atoms in total. The van der Waals surface area contributed by atoms with E-state index in [1.54, 1.807) is 31.4 Å². The summed E-state index contributed by atoms with van der Waals surface area (Å²) >= 11 is 1.36. The molecule has 1 aliphatic carbocycles. The van der Waals surface area contributed by atoms with Crippen LogP contribution in [0.2, 0.25) is 0 Å². The Kier molecular flexibility index (Phi) is 6.56. The van der Waals surface area contributed by atoms with Gasteiger partial charge in [-0.25, -0.2) is 0 Å². The van der Waals surface area contributed by atoms with Crippen molar-refractivity contribution in [3.8, 4) is 5.75 Å². The van der Waals surface area contributed by atoms with E-state index in [1.807, 2.05) is 22.4 Å². The molecule has 0 radical (unpaired) electrons. The quantitative estimate of drug-likeness (QED) is 0.692. The second kappa shape index (κ2) is 9.51. The van der Waals surface area contributed by atoms with Crippen molar-refractivity contribution in [3.05, 3.63) is 52.2 Å². The number of rotatable bonds is 7. The van der Waals surface area contributed by atoms with Crippen LogP contribution in [0.15, 0.2) is 41.8 Å². The fourth-order valence-electron chi connectivity index (χ4n) is 3.91. The van der Waals surface area contributed by atoms with Crippen LogP contribution in [0.25, 0.3) is 0 Å². The Morgan fingerprint density at radius 2 is 1.87 bits per heavy atom. The average molecular weight is 442 g/mol. The number of hydrogen-bond donors (Lipinski definition) is 2. The standard InChI is InChI=1S/C23H27N3O4S/c1-30-18-5-2-4-16(14-18)23(29)26-11-9-15(10-12-26)20(22(28)24-17-7-8-17)25-21(27)19-6-3-13-31-19/h2-6,13-15,17,20H,7-12H2,1H3,(H,24,28)(H,25,27)/t20-/m0/s1. The lowest BCUT2D eigenvalue weighted by Gasteiger charge is -2.36. The lowest BCUT2D eigenvalue weighted by Crippen LogP contribution is -2.54. The zero-order valence-electron chi connectivity index (χ0n) is 17.5. The number of thiophene rings is 1. The van der Waals surface area contributed by atoms with E-state index in [2.05, 4.69) is 10.6 Å². The summed E-state index contributed by atoms with van der Waals surface area (Å²) in [7, 11) is 1.58. The van der Waals surface area contributed by atoms with E-state index < -0.39 is 6.04 Å². The molecule has 1 saturated carbocycles. The SMILES string of the molecule is COc1cccc(C(=O)N2CCC([C@H](NC(=O)c3cccs3)C(=O)NC3CC3)CC2)c1. The van der Waals surface area contributed by atoms with E-state index in [4.69, 9.17) is 4.74 Å². The van der Waals surface area contributed by atoms with Crippen LogP contribution >= 0.6 is 11.3 Å². The van der Waals surface area contributed by atoms with Crippen molar-refractivity contribution in [1.29, 1.82) is 0 Å². The molecule has 2 N–H and O–H groups in total.